The second-order valence-electron chi connectivity index (χ2n) is 9.30. The fraction of sp³-hybridized carbons (Fsp3) is 0.750. The van der Waals surface area contributed by atoms with Gasteiger partial charge in [-0.25, -0.2) is 0 Å². The molecule has 152 valence electrons. The predicted molar refractivity (Wildman–Crippen MR) is 90.6 cm³/mol. The monoisotopic (exact) mass is 392 g/mol. The van der Waals surface area contributed by atoms with Crippen LogP contribution in [0.5, 0.6) is 0 Å². The number of furan rings is 1. The number of cyclic esters (lactones) is 1. The molecule has 2 aliphatic carbocycles. The Hall–Kier alpha value is -1.45. The minimum absolute atomic E-state index is 0.0563. The van der Waals surface area contributed by atoms with Gasteiger partial charge in [0.15, 0.2) is 11.4 Å². The molecule has 3 aliphatic heterocycles. The molecule has 2 saturated carbocycles. The maximum absolute atomic E-state index is 13.4. The molecule has 3 saturated heterocycles. The summed E-state index contributed by atoms with van der Waals surface area (Å²) in [4.78, 5) is 13.4. The van der Waals surface area contributed by atoms with E-state index in [-0.39, 0.29) is 38.4 Å². The molecular weight excluding hydrogens is 368 g/mol. The van der Waals surface area contributed by atoms with Crippen molar-refractivity contribution in [2.45, 2.75) is 61.8 Å². The molecule has 28 heavy (non-hydrogen) atoms. The number of hydrogen-bond acceptors (Lipinski definition) is 8. The van der Waals surface area contributed by atoms with E-state index in [0.717, 1.165) is 5.56 Å². The van der Waals surface area contributed by atoms with Gasteiger partial charge in [0, 0.05) is 18.4 Å². The Morgan fingerprint density at radius 1 is 1.18 bits per heavy atom. The van der Waals surface area contributed by atoms with Gasteiger partial charge in [0.2, 0.25) is 0 Å². The lowest BCUT2D eigenvalue weighted by atomic mass is 9.40. The van der Waals surface area contributed by atoms with Crippen LogP contribution in [-0.2, 0) is 19.0 Å². The Morgan fingerprint density at radius 2 is 1.96 bits per heavy atom. The van der Waals surface area contributed by atoms with Crippen molar-refractivity contribution in [1.29, 1.82) is 0 Å². The van der Waals surface area contributed by atoms with Crippen molar-refractivity contribution in [3.8, 4) is 0 Å². The molecule has 4 heterocycles. The average Bonchev–Trinajstić information content (AvgIpc) is 3.06. The third-order valence-corrected chi connectivity index (χ3v) is 8.65. The number of fused-ring (bicyclic) bond motifs is 1. The van der Waals surface area contributed by atoms with Crippen LogP contribution in [0.3, 0.4) is 0 Å². The number of rotatable bonds is 1. The van der Waals surface area contributed by atoms with Gasteiger partial charge in [0.1, 0.15) is 11.5 Å². The molecule has 0 radical (unpaired) electrons. The number of carbonyl (C=O) groups excluding carboxylic acids is 1. The normalized spacial score (nSPS) is 56.9. The summed E-state index contributed by atoms with van der Waals surface area (Å²) in [5, 5.41) is 34.5. The van der Waals surface area contributed by atoms with Crippen LogP contribution in [0.1, 0.15) is 44.3 Å². The first-order valence-electron chi connectivity index (χ1n) is 9.90. The first kappa shape index (κ1) is 17.4. The zero-order valence-electron chi connectivity index (χ0n) is 15.6. The van der Waals surface area contributed by atoms with Crippen LogP contribution < -0.4 is 0 Å². The summed E-state index contributed by atoms with van der Waals surface area (Å²) in [6, 6.07) is 1.75. The zero-order chi connectivity index (χ0) is 19.6. The van der Waals surface area contributed by atoms with Crippen LogP contribution >= 0.6 is 0 Å². The highest BCUT2D eigenvalue weighted by Crippen LogP contribution is 2.76. The van der Waals surface area contributed by atoms with Gasteiger partial charge in [-0.2, -0.15) is 0 Å². The summed E-state index contributed by atoms with van der Waals surface area (Å²) in [5.74, 6) is -2.33. The lowest BCUT2D eigenvalue weighted by Gasteiger charge is -2.64. The highest BCUT2D eigenvalue weighted by Gasteiger charge is 2.91. The summed E-state index contributed by atoms with van der Waals surface area (Å²) in [5.41, 5.74) is -4.56. The standard InChI is InChI=1S/C20H24O8/c1-11-6-14(21)17-9-27-20(24,19(17)10-26-19)4-3-18(17,23)16(11)7-13(28-15(16)22)12-2-5-25-8-12/h2,5,8,11,13-14,21,23-24H,3-4,6-7,9-10H2,1H3/t11-,13+,14-,16+,17-,18+,19+,20-/m1/s1. The summed E-state index contributed by atoms with van der Waals surface area (Å²) in [7, 11) is 0. The van der Waals surface area contributed by atoms with Gasteiger partial charge in [0.25, 0.3) is 0 Å². The third-order valence-electron chi connectivity index (χ3n) is 8.65. The summed E-state index contributed by atoms with van der Waals surface area (Å²) < 4.78 is 22.4. The summed E-state index contributed by atoms with van der Waals surface area (Å²) >= 11 is 0. The molecule has 2 bridgehead atoms. The highest BCUT2D eigenvalue weighted by atomic mass is 16.7. The van der Waals surface area contributed by atoms with Crippen molar-refractivity contribution in [1.82, 2.24) is 0 Å². The Kier molecular flexibility index (Phi) is 2.99. The Bertz CT molecular complexity index is 848. The van der Waals surface area contributed by atoms with Gasteiger partial charge in [-0.05, 0) is 24.8 Å². The van der Waals surface area contributed by atoms with Crippen LogP contribution in [0, 0.1) is 16.7 Å². The smallest absolute Gasteiger partial charge is 0.316 e. The molecule has 5 aliphatic rings. The predicted octanol–water partition coefficient (Wildman–Crippen LogP) is 0.654. The molecule has 6 rings (SSSR count). The van der Waals surface area contributed by atoms with Crippen LogP contribution in [0.2, 0.25) is 0 Å². The zero-order valence-corrected chi connectivity index (χ0v) is 15.6. The van der Waals surface area contributed by atoms with Crippen LogP contribution in [0.15, 0.2) is 23.0 Å². The quantitative estimate of drug-likeness (QED) is 0.471. The van der Waals surface area contributed by atoms with Gasteiger partial charge in [-0.3, -0.25) is 4.79 Å². The van der Waals surface area contributed by atoms with E-state index in [9.17, 15) is 20.1 Å². The van der Waals surface area contributed by atoms with Gasteiger partial charge in [-0.15, -0.1) is 0 Å². The van der Waals surface area contributed by atoms with Gasteiger partial charge in [-0.1, -0.05) is 6.92 Å². The van der Waals surface area contributed by atoms with Gasteiger partial charge in [0.05, 0.1) is 42.9 Å². The SMILES string of the molecule is C[C@@H]1C[C@@H](O)[C@]23CO[C@](O)(CC[C@]2(O)[C@@]12C[C@@H](c1ccoc1)OC2=O)[C@]31CO1. The number of aliphatic hydroxyl groups is 3. The Labute approximate surface area is 161 Å². The minimum Gasteiger partial charge on any atom is -0.472 e. The van der Waals surface area contributed by atoms with Crippen molar-refractivity contribution < 1.29 is 38.7 Å². The molecule has 0 aromatic carbocycles. The molecular formula is C20H24O8. The van der Waals surface area contributed by atoms with Gasteiger partial charge >= 0.3 is 5.97 Å². The number of epoxide rings is 1. The molecule has 1 aromatic rings. The molecule has 3 spiro atoms. The van der Waals surface area contributed by atoms with Crippen molar-refractivity contribution >= 4 is 5.97 Å². The second kappa shape index (κ2) is 4.82. The number of carbonyl (C=O) groups is 1. The minimum atomic E-state index is -1.62. The lowest BCUT2D eigenvalue weighted by Crippen LogP contribution is -2.78. The number of esters is 1. The average molecular weight is 392 g/mol. The van der Waals surface area contributed by atoms with Crippen LogP contribution in [0.4, 0.5) is 0 Å². The van der Waals surface area contributed by atoms with E-state index in [1.807, 2.05) is 6.92 Å². The summed E-state index contributed by atoms with van der Waals surface area (Å²) in [6.45, 7) is 2.01. The van der Waals surface area contributed by atoms with E-state index in [1.165, 1.54) is 6.26 Å². The maximum Gasteiger partial charge on any atom is 0.316 e. The van der Waals surface area contributed by atoms with E-state index >= 15 is 0 Å². The first-order valence-corrected chi connectivity index (χ1v) is 9.90. The molecule has 3 N–H and O–H groups in total. The Morgan fingerprint density at radius 3 is 2.64 bits per heavy atom. The highest BCUT2D eigenvalue weighted by molar-refractivity contribution is 5.82. The fourth-order valence-electron chi connectivity index (χ4n) is 7.11. The number of aliphatic hydroxyl groups excluding tert-OH is 1. The van der Waals surface area contributed by atoms with E-state index in [4.69, 9.17) is 18.6 Å². The summed E-state index contributed by atoms with van der Waals surface area (Å²) in [6.07, 6.45) is 2.42. The van der Waals surface area contributed by atoms with Crippen molar-refractivity contribution in [2.24, 2.45) is 16.7 Å². The van der Waals surface area contributed by atoms with Gasteiger partial charge < -0.3 is 33.9 Å². The Balaban J connectivity index is 1.53. The third kappa shape index (κ3) is 1.49. The van der Waals surface area contributed by atoms with E-state index in [0.29, 0.717) is 6.42 Å². The fourth-order valence-corrected chi connectivity index (χ4v) is 7.11. The number of hydrogen-bond donors (Lipinski definition) is 3. The maximum atomic E-state index is 13.4. The molecule has 1 aromatic heterocycles. The van der Waals surface area contributed by atoms with Crippen molar-refractivity contribution in [2.75, 3.05) is 13.2 Å². The lowest BCUT2D eigenvalue weighted by molar-refractivity contribution is -0.301. The molecule has 0 amide bonds. The first-order chi connectivity index (χ1) is 13.3. The molecule has 0 unspecified atom stereocenters. The van der Waals surface area contributed by atoms with E-state index in [1.54, 1.807) is 12.3 Å². The van der Waals surface area contributed by atoms with E-state index in [2.05, 4.69) is 0 Å². The van der Waals surface area contributed by atoms with Crippen LogP contribution in [-0.4, -0.2) is 57.6 Å². The topological polar surface area (TPSA) is 122 Å². The molecule has 8 atom stereocenters. The van der Waals surface area contributed by atoms with E-state index < -0.39 is 46.0 Å². The largest absolute Gasteiger partial charge is 0.472 e. The molecule has 5 fully saturated rings. The van der Waals surface area contributed by atoms with Crippen molar-refractivity contribution in [3.05, 3.63) is 24.2 Å². The molecule has 8 nitrogen and oxygen atoms in total. The number of ether oxygens (including phenoxy) is 3. The van der Waals surface area contributed by atoms with Crippen LogP contribution in [0.25, 0.3) is 0 Å². The molecule has 8 heteroatoms. The van der Waals surface area contributed by atoms with Crippen molar-refractivity contribution in [3.63, 3.8) is 0 Å². The second-order valence-corrected chi connectivity index (χ2v) is 9.30.